The first-order valence-electron chi connectivity index (χ1n) is 8.03. The van der Waals surface area contributed by atoms with E-state index in [1.54, 1.807) is 38.5 Å². The van der Waals surface area contributed by atoms with Crippen LogP contribution in [0.5, 0.6) is 11.5 Å². The molecule has 26 heavy (non-hydrogen) atoms. The van der Waals surface area contributed by atoms with Crippen molar-refractivity contribution < 1.29 is 18.4 Å². The zero-order valence-electron chi connectivity index (χ0n) is 14.7. The van der Waals surface area contributed by atoms with Crippen molar-refractivity contribution in [3.63, 3.8) is 0 Å². The number of thioether (sulfide) groups is 1. The zero-order chi connectivity index (χ0) is 18.5. The van der Waals surface area contributed by atoms with E-state index in [1.807, 2.05) is 19.1 Å². The number of hydrogen-bond acceptors (Lipinski definition) is 6. The van der Waals surface area contributed by atoms with Gasteiger partial charge in [-0.3, -0.25) is 0 Å². The highest BCUT2D eigenvalue weighted by Crippen LogP contribution is 2.34. The summed E-state index contributed by atoms with van der Waals surface area (Å²) < 4.78 is 29.7. The molecule has 0 fully saturated rings. The van der Waals surface area contributed by atoms with Crippen LogP contribution in [0.1, 0.15) is 23.6 Å². The van der Waals surface area contributed by atoms with E-state index in [4.69, 9.17) is 14.0 Å². The molecule has 7 heteroatoms. The highest BCUT2D eigenvalue weighted by Gasteiger charge is 2.15. The summed E-state index contributed by atoms with van der Waals surface area (Å²) in [5.74, 6) is 2.48. The molecule has 1 atom stereocenters. The molecule has 0 amide bonds. The van der Waals surface area contributed by atoms with E-state index in [9.17, 15) is 4.39 Å². The highest BCUT2D eigenvalue weighted by molar-refractivity contribution is 7.98. The number of benzene rings is 2. The summed E-state index contributed by atoms with van der Waals surface area (Å²) in [4.78, 5) is 4.41. The molecule has 136 valence electrons. The van der Waals surface area contributed by atoms with Crippen molar-refractivity contribution >= 4 is 11.8 Å². The smallest absolute Gasteiger partial charge is 0.236 e. The van der Waals surface area contributed by atoms with Crippen LogP contribution in [0.3, 0.4) is 0 Å². The molecule has 3 aromatic rings. The third-order valence-corrected chi connectivity index (χ3v) is 5.08. The van der Waals surface area contributed by atoms with Crippen LogP contribution in [0.2, 0.25) is 0 Å². The van der Waals surface area contributed by atoms with E-state index in [2.05, 4.69) is 10.1 Å². The molecule has 0 spiro atoms. The van der Waals surface area contributed by atoms with E-state index >= 15 is 0 Å². The Kier molecular flexibility index (Phi) is 5.78. The number of nitrogens with zero attached hydrogens (tertiary/aromatic N) is 2. The Hall–Kier alpha value is -2.54. The van der Waals surface area contributed by atoms with Crippen LogP contribution in [-0.2, 0) is 5.75 Å². The van der Waals surface area contributed by atoms with Gasteiger partial charge in [0.25, 0.3) is 0 Å². The summed E-state index contributed by atoms with van der Waals surface area (Å²) in [5, 5.41) is 3.99. The number of rotatable bonds is 7. The Labute approximate surface area is 155 Å². The van der Waals surface area contributed by atoms with Gasteiger partial charge in [-0.1, -0.05) is 23.4 Å². The van der Waals surface area contributed by atoms with Gasteiger partial charge in [-0.25, -0.2) is 4.39 Å². The molecular weight excluding hydrogens is 355 g/mol. The predicted octanol–water partition coefficient (Wildman–Crippen LogP) is 4.89. The van der Waals surface area contributed by atoms with Crippen molar-refractivity contribution in [3.8, 4) is 22.9 Å². The SMILES string of the molecule is COc1ccc(-c2noc(CSC(C)c3ccccc3F)n2)cc1OC. The molecule has 3 rings (SSSR count). The third-order valence-electron chi connectivity index (χ3n) is 3.91. The molecule has 1 unspecified atom stereocenters. The van der Waals surface area contributed by atoms with Crippen molar-refractivity contribution in [2.75, 3.05) is 14.2 Å². The highest BCUT2D eigenvalue weighted by atomic mass is 32.2. The monoisotopic (exact) mass is 374 g/mol. The molecule has 0 saturated heterocycles. The predicted molar refractivity (Wildman–Crippen MR) is 98.9 cm³/mol. The second kappa shape index (κ2) is 8.23. The van der Waals surface area contributed by atoms with Crippen molar-refractivity contribution in [1.82, 2.24) is 10.1 Å². The number of aromatic nitrogens is 2. The van der Waals surface area contributed by atoms with Gasteiger partial charge in [0.2, 0.25) is 11.7 Å². The quantitative estimate of drug-likeness (QED) is 0.587. The fraction of sp³-hybridized carbons (Fsp3) is 0.263. The number of ether oxygens (including phenoxy) is 2. The summed E-state index contributed by atoms with van der Waals surface area (Å²) in [6.45, 7) is 1.95. The lowest BCUT2D eigenvalue weighted by molar-refractivity contribution is 0.355. The summed E-state index contributed by atoms with van der Waals surface area (Å²) >= 11 is 1.54. The fourth-order valence-electron chi connectivity index (χ4n) is 2.50. The molecule has 0 radical (unpaired) electrons. The first kappa shape index (κ1) is 18.3. The maximum atomic E-state index is 13.8. The average Bonchev–Trinajstić information content (AvgIpc) is 3.15. The minimum atomic E-state index is -0.205. The van der Waals surface area contributed by atoms with Gasteiger partial charge in [0, 0.05) is 16.4 Å². The summed E-state index contributed by atoms with van der Waals surface area (Å²) in [5.41, 5.74) is 1.43. The second-order valence-corrected chi connectivity index (χ2v) is 6.89. The van der Waals surface area contributed by atoms with E-state index in [-0.39, 0.29) is 11.1 Å². The van der Waals surface area contributed by atoms with Crippen LogP contribution in [0.15, 0.2) is 47.0 Å². The number of hydrogen-bond donors (Lipinski definition) is 0. The van der Waals surface area contributed by atoms with Gasteiger partial charge >= 0.3 is 0 Å². The molecule has 0 N–H and O–H groups in total. The van der Waals surface area contributed by atoms with Gasteiger partial charge in [0.1, 0.15) is 5.82 Å². The lowest BCUT2D eigenvalue weighted by atomic mass is 10.1. The third kappa shape index (κ3) is 3.99. The Morgan fingerprint density at radius 3 is 2.62 bits per heavy atom. The van der Waals surface area contributed by atoms with Gasteiger partial charge in [-0.15, -0.1) is 11.8 Å². The molecule has 5 nitrogen and oxygen atoms in total. The number of methoxy groups -OCH3 is 2. The van der Waals surface area contributed by atoms with Crippen molar-refractivity contribution in [3.05, 3.63) is 59.7 Å². The standard InChI is InChI=1S/C19H19FN2O3S/c1-12(14-6-4-5-7-15(14)20)26-11-18-21-19(22-25-18)13-8-9-16(23-2)17(10-13)24-3/h4-10,12H,11H2,1-3H3. The van der Waals surface area contributed by atoms with E-state index in [1.165, 1.54) is 17.8 Å². The molecule has 0 bridgehead atoms. The molecule has 0 aliphatic carbocycles. The van der Waals surface area contributed by atoms with Gasteiger partial charge in [0.15, 0.2) is 11.5 Å². The topological polar surface area (TPSA) is 57.4 Å². The molecule has 1 aromatic heterocycles. The Morgan fingerprint density at radius 2 is 1.88 bits per heavy atom. The first-order valence-corrected chi connectivity index (χ1v) is 9.08. The van der Waals surface area contributed by atoms with E-state index < -0.39 is 0 Å². The minimum absolute atomic E-state index is 0.0207. The average molecular weight is 374 g/mol. The van der Waals surface area contributed by atoms with Crippen molar-refractivity contribution in [2.45, 2.75) is 17.9 Å². The molecule has 1 heterocycles. The lowest BCUT2D eigenvalue weighted by Crippen LogP contribution is -1.94. The summed E-state index contributed by atoms with van der Waals surface area (Å²) in [6, 6.07) is 12.2. The maximum absolute atomic E-state index is 13.8. The van der Waals surface area contributed by atoms with E-state index in [0.717, 1.165) is 5.56 Å². The van der Waals surface area contributed by atoms with Crippen molar-refractivity contribution in [2.24, 2.45) is 0 Å². The second-order valence-electron chi connectivity index (χ2n) is 5.56. The Morgan fingerprint density at radius 1 is 1.12 bits per heavy atom. The summed E-state index contributed by atoms with van der Waals surface area (Å²) in [6.07, 6.45) is 0. The Bertz CT molecular complexity index is 885. The van der Waals surface area contributed by atoms with Gasteiger partial charge in [0.05, 0.1) is 20.0 Å². The van der Waals surface area contributed by atoms with Crippen LogP contribution in [-0.4, -0.2) is 24.4 Å². The minimum Gasteiger partial charge on any atom is -0.493 e. The maximum Gasteiger partial charge on any atom is 0.236 e. The van der Waals surface area contributed by atoms with Gasteiger partial charge < -0.3 is 14.0 Å². The Balaban J connectivity index is 1.69. The van der Waals surface area contributed by atoms with Crippen molar-refractivity contribution in [1.29, 1.82) is 0 Å². The largest absolute Gasteiger partial charge is 0.493 e. The van der Waals surface area contributed by atoms with Gasteiger partial charge in [-0.2, -0.15) is 4.98 Å². The van der Waals surface area contributed by atoms with Gasteiger partial charge in [-0.05, 0) is 31.2 Å². The van der Waals surface area contributed by atoms with Crippen LogP contribution in [0, 0.1) is 5.82 Å². The molecule has 0 aliphatic heterocycles. The molecule has 2 aromatic carbocycles. The van der Waals surface area contributed by atoms with E-state index in [0.29, 0.717) is 34.5 Å². The van der Waals surface area contributed by atoms with Crippen LogP contribution < -0.4 is 9.47 Å². The first-order chi connectivity index (χ1) is 12.6. The van der Waals surface area contributed by atoms with Crippen LogP contribution >= 0.6 is 11.8 Å². The van der Waals surface area contributed by atoms with Crippen LogP contribution in [0.25, 0.3) is 11.4 Å². The normalized spacial score (nSPS) is 12.0. The number of halogens is 1. The summed E-state index contributed by atoms with van der Waals surface area (Å²) in [7, 11) is 3.15. The molecule has 0 aliphatic rings. The zero-order valence-corrected chi connectivity index (χ0v) is 15.5. The fourth-order valence-corrected chi connectivity index (χ4v) is 3.38. The molecular formula is C19H19FN2O3S. The molecule has 0 saturated carbocycles. The van der Waals surface area contributed by atoms with Crippen LogP contribution in [0.4, 0.5) is 4.39 Å². The lowest BCUT2D eigenvalue weighted by Gasteiger charge is -2.10.